The summed E-state index contributed by atoms with van der Waals surface area (Å²) in [5.74, 6) is 0. The minimum Gasteiger partial charge on any atom is -0.334 e. The van der Waals surface area contributed by atoms with E-state index in [1.54, 1.807) is 0 Å². The van der Waals surface area contributed by atoms with Crippen LogP contribution in [0.4, 0.5) is 0 Å². The van der Waals surface area contributed by atoms with E-state index in [0.29, 0.717) is 0 Å². The minimum absolute atomic E-state index is 0.632. The fraction of sp³-hybridized carbons (Fsp3) is 1.00. The van der Waals surface area contributed by atoms with Crippen molar-refractivity contribution < 1.29 is 9.05 Å². The molecule has 0 aromatic rings. The van der Waals surface area contributed by atoms with E-state index < -0.39 is 8.38 Å². The molecule has 0 saturated heterocycles. The smallest absolute Gasteiger partial charge is 0.170 e. The van der Waals surface area contributed by atoms with Crippen LogP contribution in [0, 0.1) is 0 Å². The predicted octanol–water partition coefficient (Wildman–Crippen LogP) is 8.63. The van der Waals surface area contributed by atoms with E-state index in [4.69, 9.17) is 9.05 Å². The normalized spacial score (nSPS) is 11.5. The van der Waals surface area contributed by atoms with Gasteiger partial charge in [-0.05, 0) is 19.3 Å². The quantitative estimate of drug-likeness (QED) is 0.148. The van der Waals surface area contributed by atoms with Crippen molar-refractivity contribution in [3.8, 4) is 0 Å². The molecule has 0 aliphatic carbocycles. The van der Waals surface area contributed by atoms with Crippen LogP contribution in [0.25, 0.3) is 0 Å². The first-order valence-electron chi connectivity index (χ1n) is 11.4. The average molecular weight is 375 g/mol. The minimum atomic E-state index is -0.632. The first kappa shape index (κ1) is 25.4. The zero-order valence-corrected chi connectivity index (χ0v) is 18.6. The van der Waals surface area contributed by atoms with Gasteiger partial charge in [-0.3, -0.25) is 0 Å². The molecule has 152 valence electrons. The Morgan fingerprint density at radius 3 is 1.24 bits per heavy atom. The van der Waals surface area contributed by atoms with Crippen LogP contribution in [0.3, 0.4) is 0 Å². The molecule has 0 N–H and O–H groups in total. The second-order valence-electron chi connectivity index (χ2n) is 7.32. The van der Waals surface area contributed by atoms with Crippen molar-refractivity contribution in [1.29, 1.82) is 0 Å². The lowest BCUT2D eigenvalue weighted by molar-refractivity contribution is 0.239. The highest BCUT2D eigenvalue weighted by atomic mass is 31.2. The van der Waals surface area contributed by atoms with Crippen LogP contribution >= 0.6 is 8.38 Å². The van der Waals surface area contributed by atoms with Gasteiger partial charge in [0.2, 0.25) is 0 Å². The summed E-state index contributed by atoms with van der Waals surface area (Å²) < 4.78 is 12.2. The molecule has 0 amide bonds. The SMILES string of the molecule is CCCCCCCCOP(CCCCCC)OCCCCCCCC. The third-order valence-electron chi connectivity index (χ3n) is 4.66. The van der Waals surface area contributed by atoms with Gasteiger partial charge in [0, 0.05) is 6.16 Å². The van der Waals surface area contributed by atoms with Gasteiger partial charge in [0.1, 0.15) is 0 Å². The summed E-state index contributed by atoms with van der Waals surface area (Å²) in [5.41, 5.74) is 0. The molecule has 25 heavy (non-hydrogen) atoms. The van der Waals surface area contributed by atoms with Gasteiger partial charge in [-0.1, -0.05) is 104 Å². The number of hydrogen-bond donors (Lipinski definition) is 0. The summed E-state index contributed by atoms with van der Waals surface area (Å²) in [6.07, 6.45) is 22.3. The van der Waals surface area contributed by atoms with Crippen molar-refractivity contribution in [3.05, 3.63) is 0 Å². The molecular weight excluding hydrogens is 327 g/mol. The maximum Gasteiger partial charge on any atom is 0.170 e. The predicted molar refractivity (Wildman–Crippen MR) is 115 cm³/mol. The van der Waals surface area contributed by atoms with Crippen molar-refractivity contribution in [2.24, 2.45) is 0 Å². The number of rotatable bonds is 21. The van der Waals surface area contributed by atoms with Crippen LogP contribution in [0.1, 0.15) is 124 Å². The second kappa shape index (κ2) is 22.4. The molecule has 0 fully saturated rings. The molecule has 0 aromatic carbocycles. The number of unbranched alkanes of at least 4 members (excludes halogenated alkanes) is 13. The van der Waals surface area contributed by atoms with Gasteiger partial charge < -0.3 is 9.05 Å². The van der Waals surface area contributed by atoms with E-state index in [0.717, 1.165) is 19.4 Å². The molecule has 2 nitrogen and oxygen atoms in total. The molecule has 0 saturated carbocycles. The van der Waals surface area contributed by atoms with Gasteiger partial charge in [-0.15, -0.1) is 0 Å². The summed E-state index contributed by atoms with van der Waals surface area (Å²) in [6.45, 7) is 8.63. The first-order valence-corrected chi connectivity index (χ1v) is 12.7. The summed E-state index contributed by atoms with van der Waals surface area (Å²) in [4.78, 5) is 0. The van der Waals surface area contributed by atoms with E-state index >= 15 is 0 Å². The van der Waals surface area contributed by atoms with Crippen LogP contribution in [0.15, 0.2) is 0 Å². The van der Waals surface area contributed by atoms with Gasteiger partial charge in [-0.2, -0.15) is 0 Å². The van der Waals surface area contributed by atoms with E-state index in [2.05, 4.69) is 20.8 Å². The molecule has 0 atom stereocenters. The van der Waals surface area contributed by atoms with Crippen LogP contribution < -0.4 is 0 Å². The third-order valence-corrected chi connectivity index (χ3v) is 6.28. The van der Waals surface area contributed by atoms with Gasteiger partial charge in [0.25, 0.3) is 0 Å². The van der Waals surface area contributed by atoms with Crippen LogP contribution in [0.2, 0.25) is 0 Å². The summed E-state index contributed by atoms with van der Waals surface area (Å²) in [7, 11) is -0.632. The lowest BCUT2D eigenvalue weighted by Crippen LogP contribution is -1.99. The Bertz CT molecular complexity index is 218. The lowest BCUT2D eigenvalue weighted by atomic mass is 10.1. The Hall–Kier alpha value is 0.350. The van der Waals surface area contributed by atoms with E-state index in [1.807, 2.05) is 0 Å². The van der Waals surface area contributed by atoms with Crippen molar-refractivity contribution >= 4 is 8.38 Å². The maximum atomic E-state index is 6.12. The molecule has 0 aliphatic heterocycles. The van der Waals surface area contributed by atoms with Crippen molar-refractivity contribution in [2.45, 2.75) is 124 Å². The van der Waals surface area contributed by atoms with E-state index in [-0.39, 0.29) is 0 Å². The average Bonchev–Trinajstić information content (AvgIpc) is 2.63. The molecular formula is C22H47O2P. The Morgan fingerprint density at radius 2 is 0.800 bits per heavy atom. The fourth-order valence-corrected chi connectivity index (χ4v) is 4.41. The van der Waals surface area contributed by atoms with Crippen LogP contribution in [-0.2, 0) is 9.05 Å². The van der Waals surface area contributed by atoms with Crippen molar-refractivity contribution in [1.82, 2.24) is 0 Å². The van der Waals surface area contributed by atoms with Gasteiger partial charge in [-0.25, -0.2) is 0 Å². The molecule has 0 unspecified atom stereocenters. The second-order valence-corrected chi connectivity index (χ2v) is 8.95. The van der Waals surface area contributed by atoms with Gasteiger partial charge >= 0.3 is 0 Å². The topological polar surface area (TPSA) is 18.5 Å². The zero-order valence-electron chi connectivity index (χ0n) is 17.7. The summed E-state index contributed by atoms with van der Waals surface area (Å²) in [6, 6.07) is 0. The Labute approximate surface area is 160 Å². The van der Waals surface area contributed by atoms with Crippen molar-refractivity contribution in [2.75, 3.05) is 19.4 Å². The molecule has 0 bridgehead atoms. The van der Waals surface area contributed by atoms with Crippen LogP contribution in [-0.4, -0.2) is 19.4 Å². The monoisotopic (exact) mass is 374 g/mol. The molecule has 0 spiro atoms. The van der Waals surface area contributed by atoms with Gasteiger partial charge in [0.15, 0.2) is 8.38 Å². The molecule has 0 aliphatic rings. The summed E-state index contributed by atoms with van der Waals surface area (Å²) >= 11 is 0. The molecule has 0 radical (unpaired) electrons. The largest absolute Gasteiger partial charge is 0.334 e. The fourth-order valence-electron chi connectivity index (χ4n) is 2.93. The molecule has 3 heteroatoms. The van der Waals surface area contributed by atoms with Gasteiger partial charge in [0.05, 0.1) is 13.2 Å². The molecule has 0 heterocycles. The first-order chi connectivity index (χ1) is 12.3. The van der Waals surface area contributed by atoms with Crippen LogP contribution in [0.5, 0.6) is 0 Å². The molecule has 0 rings (SSSR count). The Balaban J connectivity index is 3.71. The van der Waals surface area contributed by atoms with E-state index in [9.17, 15) is 0 Å². The molecule has 0 aromatic heterocycles. The Kier molecular flexibility index (Phi) is 22.7. The maximum absolute atomic E-state index is 6.12. The highest BCUT2D eigenvalue weighted by Crippen LogP contribution is 2.40. The van der Waals surface area contributed by atoms with E-state index in [1.165, 1.54) is 103 Å². The zero-order chi connectivity index (χ0) is 18.4. The summed E-state index contributed by atoms with van der Waals surface area (Å²) in [5, 5.41) is 0. The highest BCUT2D eigenvalue weighted by Gasteiger charge is 2.10. The lowest BCUT2D eigenvalue weighted by Gasteiger charge is -2.17. The number of hydrogen-bond acceptors (Lipinski definition) is 2. The third kappa shape index (κ3) is 20.5. The Morgan fingerprint density at radius 1 is 0.440 bits per heavy atom. The highest BCUT2D eigenvalue weighted by molar-refractivity contribution is 7.47. The standard InChI is InChI=1S/C22H47O2P/c1-4-7-10-13-15-17-20-23-25(22-19-12-9-6-3)24-21-18-16-14-11-8-5-2/h4-22H2,1-3H3. The van der Waals surface area contributed by atoms with Crippen molar-refractivity contribution in [3.63, 3.8) is 0 Å².